The van der Waals surface area contributed by atoms with Gasteiger partial charge < -0.3 is 76.7 Å². The molecule has 0 aliphatic heterocycles. The molecule has 0 aromatic carbocycles. The summed E-state index contributed by atoms with van der Waals surface area (Å²) in [7, 11) is 0. The maximum Gasteiger partial charge on any atom is 7.00 e. The second-order valence-corrected chi connectivity index (χ2v) is 0. The van der Waals surface area contributed by atoms with Gasteiger partial charge in [-0.05, 0) is 0 Å². The molecule has 0 saturated heterocycles. The molecule has 0 saturated carbocycles. The Morgan fingerprint density at radius 2 is 0.176 bits per heavy atom. The molecule has 112 valence electrons. The van der Waals surface area contributed by atoms with E-state index in [0.717, 1.165) is 0 Å². The summed E-state index contributed by atoms with van der Waals surface area (Å²) >= 11 is 0. The molecule has 17 heteroatoms. The van der Waals surface area contributed by atoms with Crippen molar-refractivity contribution >= 4 is 0 Å². The van der Waals surface area contributed by atoms with Crippen LogP contribution in [0.1, 0.15) is 0 Å². The average Bonchev–Trinajstić information content (AvgIpc) is 0. The first kappa shape index (κ1) is 2890. The molecule has 17 heavy (non-hydrogen) atoms. The van der Waals surface area contributed by atoms with Crippen LogP contribution in [0.3, 0.4) is 0 Å². The first-order valence-electron chi connectivity index (χ1n) is 0. The molecule has 0 amide bonds. The minimum absolute atomic E-state index is 0. The Labute approximate surface area is 137 Å². The largest absolute Gasteiger partial charge is 7.00 e. The van der Waals surface area contributed by atoms with E-state index in [9.17, 15) is 0 Å². The van der Waals surface area contributed by atoms with Gasteiger partial charge in [0.15, 0.2) is 0 Å². The third kappa shape index (κ3) is 2140. The second-order valence-electron chi connectivity index (χ2n) is 0. The maximum absolute atomic E-state index is 0. The van der Waals surface area contributed by atoms with E-state index >= 15 is 0 Å². The molecule has 7 N–H and O–H groups in total. The molecule has 0 rings (SSSR count). The molecule has 0 aliphatic carbocycles. The second kappa shape index (κ2) is 2420. The molecule has 0 unspecified atom stereocenters. The van der Waals surface area contributed by atoms with Crippen molar-refractivity contribution in [2.45, 2.75) is 0 Å². The van der Waals surface area contributed by atoms with Crippen LogP contribution in [0.25, 0.3) is 0 Å². The van der Waals surface area contributed by atoms with Crippen LogP contribution < -0.4 is 0 Å². The zero-order chi connectivity index (χ0) is 0. The fraction of sp³-hybridized carbons (Fsp3) is 0. The Morgan fingerprint density at radius 1 is 0.176 bits per heavy atom. The Hall–Kier alpha value is 1.39. The van der Waals surface area contributed by atoms with Gasteiger partial charge in [0.2, 0.25) is 0 Å². The van der Waals surface area contributed by atoms with E-state index in [1.807, 2.05) is 0 Å². The van der Waals surface area contributed by atoms with E-state index in [-0.39, 0.29) is 137 Å². The third-order valence-electron chi connectivity index (χ3n) is 0. The van der Waals surface area contributed by atoms with Crippen molar-refractivity contribution in [3.8, 4) is 0 Å². The van der Waals surface area contributed by atoms with Crippen LogP contribution in [-0.4, -0.2) is 38.3 Å². The quantitative estimate of drug-likeness (QED) is 0.339. The first-order valence-corrected chi connectivity index (χ1v) is 0. The molecule has 0 bridgehead atoms. The van der Waals surface area contributed by atoms with Crippen molar-refractivity contribution in [3.05, 3.63) is 0 Å². The maximum atomic E-state index is 0. The van der Waals surface area contributed by atoms with E-state index in [0.29, 0.717) is 0 Å². The molecule has 0 aromatic heterocycles. The summed E-state index contributed by atoms with van der Waals surface area (Å²) < 4.78 is 0. The van der Waals surface area contributed by atoms with Crippen molar-refractivity contribution in [1.82, 2.24) is 0 Å². The SMILES string of the molecule is [O-2].[O-2].[O-2].[O-2].[O-2].[O-2].[O-2].[OH-].[OH-].[OH-].[OH-].[OH-].[OH-].[OH-].[Tc+7].[Tc+7].[Tc+7]. The van der Waals surface area contributed by atoms with Gasteiger partial charge in [0.05, 0.1) is 0 Å². The van der Waals surface area contributed by atoms with E-state index in [1.54, 1.807) is 0 Å². The first-order chi connectivity index (χ1) is 0. The topological polar surface area (TPSA) is 410 Å². The van der Waals surface area contributed by atoms with Gasteiger partial charge in [-0.25, -0.2) is 0 Å². The summed E-state index contributed by atoms with van der Waals surface area (Å²) in [6.45, 7) is 0. The summed E-state index contributed by atoms with van der Waals surface area (Å²) in [6.07, 6.45) is 0. The van der Waals surface area contributed by atoms with Crippen LogP contribution in [0, 0.1) is 0 Å². The molecule has 14 nitrogen and oxygen atoms in total. The molecule has 0 aliphatic rings. The van der Waals surface area contributed by atoms with E-state index < -0.39 is 0 Å². The van der Waals surface area contributed by atoms with Crippen molar-refractivity contribution in [2.75, 3.05) is 0 Å². The van der Waals surface area contributed by atoms with Crippen LogP contribution >= 0.6 is 0 Å². The minimum Gasteiger partial charge on any atom is -2.00 e. The van der Waals surface area contributed by atoms with Crippen molar-refractivity contribution in [3.63, 3.8) is 0 Å². The predicted molar refractivity (Wildman–Crippen MR) is 18.4 cm³/mol. The smallest absolute Gasteiger partial charge is 2.00 e. The zero-order valence-electron chi connectivity index (χ0n) is 7.12. The fourth-order valence-corrected chi connectivity index (χ4v) is 0. The van der Waals surface area contributed by atoms with E-state index in [1.165, 1.54) is 0 Å². The Bertz CT molecular complexity index is 11.4. The van der Waals surface area contributed by atoms with Crippen molar-refractivity contribution in [2.24, 2.45) is 0 Å². The molecule has 0 atom stereocenters. The van der Waals surface area contributed by atoms with Crippen molar-refractivity contribution in [1.29, 1.82) is 0 Å². The van der Waals surface area contributed by atoms with E-state index in [4.69, 9.17) is 0 Å². The molecule has 0 radical (unpaired) electrons. The molecular weight excluding hydrogens is 518 g/mol. The summed E-state index contributed by atoms with van der Waals surface area (Å²) in [5, 5.41) is 0. The molecular formula is H7O14Tc3. The molecule has 0 aromatic rings. The normalized spacial score (nSPS) is 0. The van der Waals surface area contributed by atoms with Crippen molar-refractivity contribution < 1.29 is 137 Å². The van der Waals surface area contributed by atoms with Crippen LogP contribution in [0.15, 0.2) is 0 Å². The third-order valence-corrected chi connectivity index (χ3v) is 0. The van der Waals surface area contributed by atoms with Gasteiger partial charge in [0.1, 0.15) is 0 Å². The van der Waals surface area contributed by atoms with Crippen LogP contribution in [0.4, 0.5) is 0 Å². The predicted octanol–water partition coefficient (Wildman–Crippen LogP) is -2.08. The number of rotatable bonds is 0. The zero-order valence-corrected chi connectivity index (χ0v) is 12.7. The monoisotopic (exact) mass is 522 g/mol. The standard InChI is InChI=1S/7H2O.7O.3Tc/h7*1H2;;;;;;;;;;/q;;;;;;;7*-2;3*+7/p-7. The van der Waals surface area contributed by atoms with Gasteiger partial charge in [-0.2, -0.15) is 0 Å². The summed E-state index contributed by atoms with van der Waals surface area (Å²) in [5.74, 6) is 0. The van der Waals surface area contributed by atoms with Gasteiger partial charge in [-0.15, -0.1) is 0 Å². The molecule has 0 heterocycles. The Morgan fingerprint density at radius 3 is 0.176 bits per heavy atom. The van der Waals surface area contributed by atoms with Gasteiger partial charge >= 0.3 is 60.3 Å². The van der Waals surface area contributed by atoms with Crippen LogP contribution in [0.5, 0.6) is 0 Å². The van der Waals surface area contributed by atoms with Gasteiger partial charge in [0, 0.05) is 0 Å². The summed E-state index contributed by atoms with van der Waals surface area (Å²) in [4.78, 5) is 0. The fourth-order valence-electron chi connectivity index (χ4n) is 0. The van der Waals surface area contributed by atoms with Gasteiger partial charge in [-0.1, -0.05) is 0 Å². The summed E-state index contributed by atoms with van der Waals surface area (Å²) in [5.41, 5.74) is 0. The minimum atomic E-state index is 0. The molecule has 0 fully saturated rings. The summed E-state index contributed by atoms with van der Waals surface area (Å²) in [6, 6.07) is 0. The Kier molecular flexibility index (Phi) is 411000. The average molecular weight is 525 g/mol. The van der Waals surface area contributed by atoms with Crippen LogP contribution in [-0.2, 0) is 98.6 Å². The van der Waals surface area contributed by atoms with Crippen LogP contribution in [0.2, 0.25) is 0 Å². The van der Waals surface area contributed by atoms with Gasteiger partial charge in [0.25, 0.3) is 0 Å². The molecule has 0 spiro atoms. The number of hydrogen-bond acceptors (Lipinski definition) is 7. The Balaban J connectivity index is 0. The van der Waals surface area contributed by atoms with E-state index in [2.05, 4.69) is 0 Å². The van der Waals surface area contributed by atoms with Gasteiger partial charge in [-0.3, -0.25) is 0 Å². The number of hydrogen-bond donors (Lipinski definition) is 0.